The van der Waals surface area contributed by atoms with Gasteiger partial charge in [-0.2, -0.15) is 0 Å². The molecule has 0 fully saturated rings. The largest absolute Gasteiger partial charge is 0.355 e. The molecule has 3 heteroatoms. The molecule has 2 aliphatic rings. The maximum atomic E-state index is 3.91. The molecule has 2 nitrogen and oxygen atoms in total. The molecule has 0 amide bonds. The van der Waals surface area contributed by atoms with Crippen molar-refractivity contribution >= 4 is 57.4 Å². The summed E-state index contributed by atoms with van der Waals surface area (Å²) < 4.78 is 0. The zero-order valence-electron chi connectivity index (χ0n) is 29.3. The summed E-state index contributed by atoms with van der Waals surface area (Å²) in [5.41, 5.74) is 18.1. The summed E-state index contributed by atoms with van der Waals surface area (Å²) in [5.74, 6) is 0. The van der Waals surface area contributed by atoms with E-state index in [1.165, 1.54) is 77.7 Å². The van der Waals surface area contributed by atoms with Crippen LogP contribution in [0, 0.1) is 0 Å². The third-order valence-corrected chi connectivity index (χ3v) is 11.0. The topological polar surface area (TPSA) is 15.3 Å². The molecule has 1 radical (unpaired) electrons. The second-order valence-corrected chi connectivity index (χ2v) is 14.5. The summed E-state index contributed by atoms with van der Waals surface area (Å²) in [6, 6.07) is 63.9. The van der Waals surface area contributed by atoms with Gasteiger partial charge in [0.1, 0.15) is 0 Å². The molecule has 0 unspecified atom stereocenters. The average Bonchev–Trinajstić information content (AvgIpc) is 3.20. The van der Waals surface area contributed by atoms with Crippen LogP contribution in [-0.4, -0.2) is 7.28 Å². The van der Waals surface area contributed by atoms with Crippen molar-refractivity contribution in [2.45, 2.75) is 19.3 Å². The van der Waals surface area contributed by atoms with Crippen molar-refractivity contribution in [2.75, 3.05) is 10.2 Å². The Bertz CT molecular complexity index is 2600. The second-order valence-electron chi connectivity index (χ2n) is 14.5. The van der Waals surface area contributed by atoms with E-state index in [1.54, 1.807) is 0 Å². The maximum Gasteiger partial charge on any atom is 0.197 e. The first-order valence-corrected chi connectivity index (χ1v) is 18.1. The van der Waals surface area contributed by atoms with Crippen LogP contribution >= 0.6 is 0 Å². The highest BCUT2D eigenvalue weighted by Crippen LogP contribution is 2.53. The lowest BCUT2D eigenvalue weighted by Crippen LogP contribution is -2.45. The SMILES string of the molecule is CC1(C)c2ccccc2N2c3c(cccc31)[B]c1c(-c3ccccc3Nc3cc(-c4ccccc4)cc(-c4ccccc4)c3)cc3ccccc3c12. The molecular formula is C49H36BN2. The lowest BCUT2D eigenvalue weighted by atomic mass is 9.55. The van der Waals surface area contributed by atoms with Crippen LogP contribution in [0.25, 0.3) is 44.2 Å². The first-order chi connectivity index (χ1) is 25.5. The fraction of sp³-hybridized carbons (Fsp3) is 0.0612. The van der Waals surface area contributed by atoms with Crippen molar-refractivity contribution in [3.63, 3.8) is 0 Å². The summed E-state index contributed by atoms with van der Waals surface area (Å²) in [5, 5.41) is 6.38. The van der Waals surface area contributed by atoms with Gasteiger partial charge in [0.05, 0.1) is 5.69 Å². The van der Waals surface area contributed by atoms with E-state index in [0.29, 0.717) is 0 Å². The Kier molecular flexibility index (Phi) is 6.98. The van der Waals surface area contributed by atoms with Crippen LogP contribution in [0.2, 0.25) is 0 Å². The van der Waals surface area contributed by atoms with Gasteiger partial charge in [0.15, 0.2) is 7.28 Å². The number of nitrogens with one attached hydrogen (secondary N) is 1. The molecule has 1 N–H and O–H groups in total. The number of benzene rings is 8. The van der Waals surface area contributed by atoms with Crippen LogP contribution in [0.15, 0.2) is 176 Å². The quantitative estimate of drug-likeness (QED) is 0.184. The Balaban J connectivity index is 1.18. The number of rotatable bonds is 5. The lowest BCUT2D eigenvalue weighted by molar-refractivity contribution is 0.632. The number of hydrogen-bond donors (Lipinski definition) is 1. The fourth-order valence-corrected chi connectivity index (χ4v) is 8.51. The van der Waals surface area contributed by atoms with Crippen molar-refractivity contribution in [3.05, 3.63) is 187 Å². The maximum absolute atomic E-state index is 3.91. The van der Waals surface area contributed by atoms with Gasteiger partial charge in [-0.3, -0.25) is 0 Å². The predicted octanol–water partition coefficient (Wildman–Crippen LogP) is 11.7. The highest BCUT2D eigenvalue weighted by Gasteiger charge is 2.41. The number of fused-ring (bicyclic) bond motifs is 6. The summed E-state index contributed by atoms with van der Waals surface area (Å²) in [6.45, 7) is 4.72. The summed E-state index contributed by atoms with van der Waals surface area (Å²) >= 11 is 0. The molecule has 2 heterocycles. The number of para-hydroxylation sites is 3. The van der Waals surface area contributed by atoms with Gasteiger partial charge < -0.3 is 10.2 Å². The monoisotopic (exact) mass is 663 g/mol. The molecular weight excluding hydrogens is 627 g/mol. The smallest absolute Gasteiger partial charge is 0.197 e. The molecule has 0 atom stereocenters. The van der Waals surface area contributed by atoms with Crippen LogP contribution in [0.3, 0.4) is 0 Å². The standard InChI is InChI=1S/C49H36BN2/c1-49(2)41-23-12-14-27-45(41)52-47-38-21-10-9-20-34(38)31-40(46(47)50-43-25-15-24-42(49)48(43)52)39-22-11-13-26-44(39)51-37-29-35(32-16-5-3-6-17-32)28-36(30-37)33-18-7-4-8-19-33/h3-31,51H,1-2H3. The Labute approximate surface area is 306 Å². The fourth-order valence-electron chi connectivity index (χ4n) is 8.51. The summed E-state index contributed by atoms with van der Waals surface area (Å²) in [6.07, 6.45) is 0. The molecule has 8 aromatic rings. The molecule has 245 valence electrons. The molecule has 0 saturated carbocycles. The van der Waals surface area contributed by atoms with Gasteiger partial charge in [-0.25, -0.2) is 0 Å². The van der Waals surface area contributed by atoms with E-state index >= 15 is 0 Å². The molecule has 10 rings (SSSR count). The van der Waals surface area contributed by atoms with Gasteiger partial charge in [-0.15, -0.1) is 0 Å². The van der Waals surface area contributed by atoms with Crippen molar-refractivity contribution < 1.29 is 0 Å². The molecule has 8 aromatic carbocycles. The molecule has 0 aromatic heterocycles. The average molecular weight is 664 g/mol. The van der Waals surface area contributed by atoms with Gasteiger partial charge in [0.25, 0.3) is 0 Å². The zero-order valence-corrected chi connectivity index (χ0v) is 29.3. The minimum atomic E-state index is -0.124. The van der Waals surface area contributed by atoms with E-state index in [2.05, 4.69) is 207 Å². The summed E-state index contributed by atoms with van der Waals surface area (Å²) in [7, 11) is 2.43. The highest BCUT2D eigenvalue weighted by atomic mass is 15.2. The third-order valence-electron chi connectivity index (χ3n) is 11.0. The van der Waals surface area contributed by atoms with Gasteiger partial charge >= 0.3 is 0 Å². The van der Waals surface area contributed by atoms with Crippen molar-refractivity contribution in [1.29, 1.82) is 0 Å². The van der Waals surface area contributed by atoms with Crippen LogP contribution in [0.5, 0.6) is 0 Å². The number of nitrogens with zero attached hydrogens (tertiary/aromatic N) is 1. The minimum Gasteiger partial charge on any atom is -0.355 e. The van der Waals surface area contributed by atoms with E-state index in [0.717, 1.165) is 16.9 Å². The van der Waals surface area contributed by atoms with Crippen LogP contribution in [-0.2, 0) is 5.41 Å². The molecule has 0 spiro atoms. The second kappa shape index (κ2) is 11.9. The lowest BCUT2D eigenvalue weighted by Gasteiger charge is -2.46. The molecule has 0 saturated heterocycles. The highest BCUT2D eigenvalue weighted by molar-refractivity contribution is 6.74. The first-order valence-electron chi connectivity index (χ1n) is 18.1. The molecule has 0 aliphatic carbocycles. The minimum absolute atomic E-state index is 0.124. The molecule has 52 heavy (non-hydrogen) atoms. The van der Waals surface area contributed by atoms with Crippen molar-refractivity contribution in [1.82, 2.24) is 0 Å². The number of anilines is 5. The molecule has 0 bridgehead atoms. The van der Waals surface area contributed by atoms with Gasteiger partial charge in [-0.1, -0.05) is 159 Å². The predicted molar refractivity (Wildman–Crippen MR) is 222 cm³/mol. The zero-order chi connectivity index (χ0) is 34.8. The van der Waals surface area contributed by atoms with Crippen molar-refractivity contribution in [3.8, 4) is 33.4 Å². The Hall–Kier alpha value is -6.32. The third kappa shape index (κ3) is 4.81. The first kappa shape index (κ1) is 30.5. The van der Waals surface area contributed by atoms with Gasteiger partial charge in [0.2, 0.25) is 0 Å². The van der Waals surface area contributed by atoms with Gasteiger partial charge in [0, 0.05) is 39.1 Å². The Morgan fingerprint density at radius 1 is 0.500 bits per heavy atom. The normalized spacial score (nSPS) is 13.5. The van der Waals surface area contributed by atoms with E-state index in [-0.39, 0.29) is 5.41 Å². The van der Waals surface area contributed by atoms with Crippen LogP contribution < -0.4 is 21.1 Å². The van der Waals surface area contributed by atoms with E-state index < -0.39 is 0 Å². The van der Waals surface area contributed by atoms with Crippen molar-refractivity contribution in [2.24, 2.45) is 0 Å². The van der Waals surface area contributed by atoms with E-state index in [4.69, 9.17) is 0 Å². The molecule has 2 aliphatic heterocycles. The summed E-state index contributed by atoms with van der Waals surface area (Å²) in [4.78, 5) is 2.55. The van der Waals surface area contributed by atoms with Gasteiger partial charge in [-0.05, 0) is 86.2 Å². The van der Waals surface area contributed by atoms with E-state index in [1.807, 2.05) is 0 Å². The van der Waals surface area contributed by atoms with E-state index in [9.17, 15) is 0 Å². The Morgan fingerprint density at radius 3 is 1.90 bits per heavy atom. The van der Waals surface area contributed by atoms with Crippen LogP contribution in [0.4, 0.5) is 28.4 Å². The Morgan fingerprint density at radius 2 is 1.13 bits per heavy atom. The number of hydrogen-bond acceptors (Lipinski definition) is 2. The van der Waals surface area contributed by atoms with Crippen LogP contribution in [0.1, 0.15) is 25.0 Å².